The van der Waals surface area contributed by atoms with Crippen molar-refractivity contribution < 1.29 is 23.9 Å². The molecule has 33 heavy (non-hydrogen) atoms. The molecule has 0 saturated carbocycles. The van der Waals surface area contributed by atoms with Crippen LogP contribution in [0.1, 0.15) is 12.5 Å². The summed E-state index contributed by atoms with van der Waals surface area (Å²) in [4.78, 5) is 41.5. The third-order valence-corrected chi connectivity index (χ3v) is 6.12. The predicted molar refractivity (Wildman–Crippen MR) is 128 cm³/mol. The summed E-state index contributed by atoms with van der Waals surface area (Å²) in [7, 11) is 0. The van der Waals surface area contributed by atoms with E-state index in [9.17, 15) is 14.4 Å². The van der Waals surface area contributed by atoms with Crippen molar-refractivity contribution in [3.63, 3.8) is 0 Å². The lowest BCUT2D eigenvalue weighted by Gasteiger charge is -2.30. The van der Waals surface area contributed by atoms with Gasteiger partial charge in [0.25, 0.3) is 11.1 Å². The molecule has 9 heteroatoms. The highest BCUT2D eigenvalue weighted by Crippen LogP contribution is 2.34. The maximum absolute atomic E-state index is 12.9. The summed E-state index contributed by atoms with van der Waals surface area (Å²) in [5.41, 5.74) is 2.22. The van der Waals surface area contributed by atoms with Gasteiger partial charge in [0.15, 0.2) is 0 Å². The normalized spacial score (nSPS) is 17.5. The number of carbonyl (C=O) groups excluding carboxylic acids is 3. The van der Waals surface area contributed by atoms with Crippen LogP contribution in [0, 0.1) is 0 Å². The standard InChI is InChI=1S/C24H25N3O5S/c1-2-32-20-10-6-3-7-17(20)15-21-23(29)27(24(30)33-21)16-22(28)25-18-8-4-5-9-19(18)26-11-13-31-14-12-26/h3-10,15H,2,11-14,16H2,1H3,(H,25,28)/b21-15+. The number of nitrogens with one attached hydrogen (secondary N) is 1. The minimum Gasteiger partial charge on any atom is -0.493 e. The Hall–Kier alpha value is -3.30. The molecule has 4 rings (SSSR count). The lowest BCUT2D eigenvalue weighted by atomic mass is 10.2. The number of anilines is 2. The molecule has 0 bridgehead atoms. The van der Waals surface area contributed by atoms with Gasteiger partial charge in [-0.2, -0.15) is 0 Å². The van der Waals surface area contributed by atoms with Crippen molar-refractivity contribution in [3.8, 4) is 5.75 Å². The number of thioether (sulfide) groups is 1. The molecule has 2 aromatic rings. The van der Waals surface area contributed by atoms with Gasteiger partial charge in [-0.15, -0.1) is 0 Å². The van der Waals surface area contributed by atoms with Crippen LogP contribution in [-0.2, 0) is 14.3 Å². The van der Waals surface area contributed by atoms with Crippen LogP contribution in [0.2, 0.25) is 0 Å². The molecule has 0 atom stereocenters. The quantitative estimate of drug-likeness (QED) is 0.623. The van der Waals surface area contributed by atoms with Gasteiger partial charge in [0, 0.05) is 18.7 Å². The van der Waals surface area contributed by atoms with Gasteiger partial charge in [-0.3, -0.25) is 19.3 Å². The van der Waals surface area contributed by atoms with Crippen LogP contribution in [0.25, 0.3) is 6.08 Å². The molecule has 2 fully saturated rings. The first-order valence-electron chi connectivity index (χ1n) is 10.8. The smallest absolute Gasteiger partial charge is 0.294 e. The lowest BCUT2D eigenvalue weighted by molar-refractivity contribution is -0.127. The first-order valence-corrected chi connectivity index (χ1v) is 11.6. The highest BCUT2D eigenvalue weighted by molar-refractivity contribution is 8.18. The Balaban J connectivity index is 1.45. The number of benzene rings is 2. The number of amides is 3. The van der Waals surface area contributed by atoms with E-state index in [0.29, 0.717) is 36.8 Å². The van der Waals surface area contributed by atoms with E-state index in [4.69, 9.17) is 9.47 Å². The molecule has 8 nitrogen and oxygen atoms in total. The topological polar surface area (TPSA) is 88.2 Å². The van der Waals surface area contributed by atoms with E-state index in [-0.39, 0.29) is 11.4 Å². The van der Waals surface area contributed by atoms with Crippen molar-refractivity contribution in [2.24, 2.45) is 0 Å². The molecule has 2 aliphatic heterocycles. The molecule has 0 radical (unpaired) electrons. The Morgan fingerprint density at radius 2 is 1.85 bits per heavy atom. The summed E-state index contributed by atoms with van der Waals surface area (Å²) >= 11 is 0.818. The van der Waals surface area contributed by atoms with Crippen molar-refractivity contribution in [1.82, 2.24) is 4.90 Å². The molecule has 0 spiro atoms. The van der Waals surface area contributed by atoms with E-state index in [1.54, 1.807) is 18.2 Å². The molecular formula is C24H25N3O5S. The second-order valence-electron chi connectivity index (χ2n) is 7.40. The third kappa shape index (κ3) is 5.37. The molecule has 0 aromatic heterocycles. The SMILES string of the molecule is CCOc1ccccc1/C=C1/SC(=O)N(CC(=O)Nc2ccccc2N2CCOCC2)C1=O. The highest BCUT2D eigenvalue weighted by atomic mass is 32.2. The number of morpholine rings is 1. The van der Waals surface area contributed by atoms with Crippen molar-refractivity contribution in [1.29, 1.82) is 0 Å². The Morgan fingerprint density at radius 3 is 2.64 bits per heavy atom. The average molecular weight is 468 g/mol. The Kier molecular flexibility index (Phi) is 7.31. The highest BCUT2D eigenvalue weighted by Gasteiger charge is 2.36. The van der Waals surface area contributed by atoms with Crippen LogP contribution in [0.3, 0.4) is 0 Å². The molecule has 2 saturated heterocycles. The lowest BCUT2D eigenvalue weighted by Crippen LogP contribution is -2.38. The zero-order chi connectivity index (χ0) is 23.2. The van der Waals surface area contributed by atoms with Crippen molar-refractivity contribution in [2.75, 3.05) is 49.7 Å². The fourth-order valence-corrected chi connectivity index (χ4v) is 4.49. The summed E-state index contributed by atoms with van der Waals surface area (Å²) in [6.07, 6.45) is 1.63. The summed E-state index contributed by atoms with van der Waals surface area (Å²) in [6.45, 7) is 4.70. The number of rotatable bonds is 7. The number of ether oxygens (including phenoxy) is 2. The van der Waals surface area contributed by atoms with Crippen LogP contribution in [-0.4, -0.2) is 61.4 Å². The van der Waals surface area contributed by atoms with Gasteiger partial charge in [0.2, 0.25) is 5.91 Å². The van der Waals surface area contributed by atoms with Gasteiger partial charge in [0.1, 0.15) is 12.3 Å². The van der Waals surface area contributed by atoms with Gasteiger partial charge in [-0.25, -0.2) is 0 Å². The fourth-order valence-electron chi connectivity index (χ4n) is 3.66. The first-order chi connectivity index (χ1) is 16.1. The van der Waals surface area contributed by atoms with Gasteiger partial charge in [-0.05, 0) is 43.0 Å². The molecule has 1 N–H and O–H groups in total. The zero-order valence-electron chi connectivity index (χ0n) is 18.3. The minimum absolute atomic E-state index is 0.258. The monoisotopic (exact) mass is 467 g/mol. The van der Waals surface area contributed by atoms with Gasteiger partial charge >= 0.3 is 0 Å². The second kappa shape index (κ2) is 10.5. The molecule has 0 aliphatic carbocycles. The summed E-state index contributed by atoms with van der Waals surface area (Å²) in [5, 5.41) is 2.37. The Bertz CT molecular complexity index is 1080. The third-order valence-electron chi connectivity index (χ3n) is 5.21. The minimum atomic E-state index is -0.493. The number of carbonyl (C=O) groups is 3. The van der Waals surface area contributed by atoms with Crippen molar-refractivity contribution in [2.45, 2.75) is 6.92 Å². The first kappa shape index (κ1) is 22.9. The number of hydrogen-bond acceptors (Lipinski definition) is 7. The van der Waals surface area contributed by atoms with Crippen LogP contribution in [0.15, 0.2) is 53.4 Å². The average Bonchev–Trinajstić information content (AvgIpc) is 3.08. The number of nitrogens with zero attached hydrogens (tertiary/aromatic N) is 2. The van der Waals surface area contributed by atoms with Gasteiger partial charge < -0.3 is 19.7 Å². The molecule has 2 heterocycles. The molecule has 2 aliphatic rings. The fraction of sp³-hybridized carbons (Fsp3) is 0.292. The van der Waals surface area contributed by atoms with Gasteiger partial charge in [0.05, 0.1) is 36.1 Å². The van der Waals surface area contributed by atoms with E-state index in [2.05, 4.69) is 10.2 Å². The summed E-state index contributed by atoms with van der Waals surface area (Å²) in [5.74, 6) is -0.300. The van der Waals surface area contributed by atoms with Crippen LogP contribution in [0.5, 0.6) is 5.75 Å². The molecular weight excluding hydrogens is 442 g/mol. The summed E-state index contributed by atoms with van der Waals surface area (Å²) in [6, 6.07) is 14.8. The second-order valence-corrected chi connectivity index (χ2v) is 8.40. The number of para-hydroxylation sites is 3. The van der Waals surface area contributed by atoms with Crippen LogP contribution < -0.4 is 15.0 Å². The van der Waals surface area contributed by atoms with Crippen LogP contribution in [0.4, 0.5) is 16.2 Å². The van der Waals surface area contributed by atoms with Crippen molar-refractivity contribution in [3.05, 3.63) is 59.0 Å². The van der Waals surface area contributed by atoms with E-state index < -0.39 is 17.1 Å². The van der Waals surface area contributed by atoms with E-state index in [1.165, 1.54) is 0 Å². The number of hydrogen-bond donors (Lipinski definition) is 1. The van der Waals surface area contributed by atoms with Gasteiger partial charge in [-0.1, -0.05) is 30.3 Å². The maximum Gasteiger partial charge on any atom is 0.294 e. The molecule has 172 valence electrons. The molecule has 0 unspecified atom stereocenters. The van der Waals surface area contributed by atoms with E-state index >= 15 is 0 Å². The molecule has 3 amide bonds. The maximum atomic E-state index is 12.9. The Labute approximate surface area is 196 Å². The van der Waals surface area contributed by atoms with E-state index in [1.807, 2.05) is 43.3 Å². The number of imide groups is 1. The van der Waals surface area contributed by atoms with Crippen molar-refractivity contribution >= 4 is 46.3 Å². The van der Waals surface area contributed by atoms with E-state index in [0.717, 1.165) is 35.4 Å². The van der Waals surface area contributed by atoms with Crippen LogP contribution >= 0.6 is 11.8 Å². The summed E-state index contributed by atoms with van der Waals surface area (Å²) < 4.78 is 11.0. The Morgan fingerprint density at radius 1 is 1.12 bits per heavy atom. The zero-order valence-corrected chi connectivity index (χ0v) is 19.1. The molecule has 2 aromatic carbocycles. The largest absolute Gasteiger partial charge is 0.493 e. The predicted octanol–water partition coefficient (Wildman–Crippen LogP) is 3.60.